The van der Waals surface area contributed by atoms with Crippen LogP contribution in [0.5, 0.6) is 0 Å². The fourth-order valence-electron chi connectivity index (χ4n) is 3.02. The molecule has 0 bridgehead atoms. The van der Waals surface area contributed by atoms with Crippen molar-refractivity contribution in [2.75, 3.05) is 0 Å². The summed E-state index contributed by atoms with van der Waals surface area (Å²) in [5.41, 5.74) is 1.43. The summed E-state index contributed by atoms with van der Waals surface area (Å²) < 4.78 is 2.25. The van der Waals surface area contributed by atoms with Crippen molar-refractivity contribution in [1.82, 2.24) is 9.66 Å². The average Bonchev–Trinajstić information content (AvgIpc) is 2.75. The Morgan fingerprint density at radius 1 is 1.00 bits per heavy atom. The molecule has 0 N–H and O–H groups in total. The van der Waals surface area contributed by atoms with Gasteiger partial charge in [0.15, 0.2) is 0 Å². The molecule has 150 valence electrons. The molecule has 0 spiro atoms. The van der Waals surface area contributed by atoms with Crippen LogP contribution in [0.1, 0.15) is 31.2 Å². The minimum atomic E-state index is -0.169. The van der Waals surface area contributed by atoms with Crippen LogP contribution in [-0.4, -0.2) is 15.9 Å². The Labute approximate surface area is 187 Å². The summed E-state index contributed by atoms with van der Waals surface area (Å²) in [6.07, 6.45) is 1.70. The number of halogens is 1. The van der Waals surface area contributed by atoms with E-state index in [1.165, 1.54) is 9.57 Å². The lowest BCUT2D eigenvalue weighted by molar-refractivity contribution is 0.665. The minimum absolute atomic E-state index is 0.0625. The summed E-state index contributed by atoms with van der Waals surface area (Å²) in [6.45, 7) is 4.02. The van der Waals surface area contributed by atoms with E-state index < -0.39 is 0 Å². The topological polar surface area (TPSA) is 47.2 Å². The van der Waals surface area contributed by atoms with Crippen LogP contribution in [-0.2, 0) is 0 Å². The van der Waals surface area contributed by atoms with Crippen molar-refractivity contribution in [1.29, 1.82) is 0 Å². The summed E-state index contributed by atoms with van der Waals surface area (Å²) in [4.78, 5) is 20.1. The Morgan fingerprint density at radius 3 is 2.40 bits per heavy atom. The van der Waals surface area contributed by atoms with Gasteiger partial charge >= 0.3 is 0 Å². The average molecular weight is 478 g/mol. The number of hydrogen-bond donors (Lipinski definition) is 0. The highest BCUT2D eigenvalue weighted by atomic mass is 79.9. The molecule has 0 aliphatic carbocycles. The third-order valence-corrected chi connectivity index (χ3v) is 6.04. The fourth-order valence-corrected chi connectivity index (χ4v) is 4.22. The minimum Gasteiger partial charge on any atom is -0.267 e. The van der Waals surface area contributed by atoms with Gasteiger partial charge < -0.3 is 0 Å². The molecule has 0 unspecified atom stereocenters. The van der Waals surface area contributed by atoms with Crippen molar-refractivity contribution >= 4 is 44.8 Å². The van der Waals surface area contributed by atoms with E-state index >= 15 is 0 Å². The Hall–Kier alpha value is -2.70. The van der Waals surface area contributed by atoms with E-state index in [1.807, 2.05) is 56.3 Å². The highest BCUT2D eigenvalue weighted by molar-refractivity contribution is 9.10. The van der Waals surface area contributed by atoms with E-state index in [-0.39, 0.29) is 11.5 Å². The van der Waals surface area contributed by atoms with E-state index in [2.05, 4.69) is 50.3 Å². The van der Waals surface area contributed by atoms with Crippen LogP contribution in [0.3, 0.4) is 0 Å². The van der Waals surface area contributed by atoms with Gasteiger partial charge in [-0.3, -0.25) is 4.79 Å². The van der Waals surface area contributed by atoms with Crippen molar-refractivity contribution in [3.8, 4) is 0 Å². The zero-order chi connectivity index (χ0) is 21.1. The van der Waals surface area contributed by atoms with Crippen molar-refractivity contribution < 1.29 is 0 Å². The predicted molar refractivity (Wildman–Crippen MR) is 128 cm³/mol. The summed E-state index contributed by atoms with van der Waals surface area (Å²) in [6, 6.07) is 23.9. The number of rotatable bonds is 5. The lowest BCUT2D eigenvalue weighted by atomic mass is 10.2. The normalized spacial score (nSPS) is 11.6. The van der Waals surface area contributed by atoms with Crippen LogP contribution in [0.2, 0.25) is 0 Å². The van der Waals surface area contributed by atoms with Crippen LogP contribution >= 0.6 is 27.7 Å². The molecule has 0 atom stereocenters. The standard InChI is InChI=1S/C24H20BrN3OS/c1-16(2)23-27-22-13-10-18(25)14-21(22)24(29)28(23)26-15-17-8-11-20(12-9-17)30-19-6-4-3-5-7-19/h3-16H,1-2H3. The Morgan fingerprint density at radius 2 is 1.70 bits per heavy atom. The second-order valence-electron chi connectivity index (χ2n) is 7.13. The molecule has 1 heterocycles. The molecule has 0 fully saturated rings. The summed E-state index contributed by atoms with van der Waals surface area (Å²) in [7, 11) is 0. The summed E-state index contributed by atoms with van der Waals surface area (Å²) >= 11 is 5.14. The number of benzene rings is 3. The van der Waals surface area contributed by atoms with Crippen molar-refractivity contribution in [3.63, 3.8) is 0 Å². The third-order valence-electron chi connectivity index (χ3n) is 4.53. The molecule has 1 aromatic heterocycles. The molecule has 4 aromatic rings. The van der Waals surface area contributed by atoms with Gasteiger partial charge in [0, 0.05) is 20.2 Å². The molecule has 4 nitrogen and oxygen atoms in total. The zero-order valence-corrected chi connectivity index (χ0v) is 19.0. The Bertz CT molecular complexity index is 1270. The summed E-state index contributed by atoms with van der Waals surface area (Å²) in [5.74, 6) is 0.704. The van der Waals surface area contributed by atoms with E-state index in [0.29, 0.717) is 16.7 Å². The van der Waals surface area contributed by atoms with Crippen molar-refractivity contribution in [2.45, 2.75) is 29.6 Å². The van der Waals surface area contributed by atoms with Gasteiger partial charge in [0.05, 0.1) is 17.1 Å². The van der Waals surface area contributed by atoms with Gasteiger partial charge in [0.25, 0.3) is 5.56 Å². The van der Waals surface area contributed by atoms with Gasteiger partial charge in [0.2, 0.25) is 0 Å². The zero-order valence-electron chi connectivity index (χ0n) is 16.6. The van der Waals surface area contributed by atoms with Crippen LogP contribution in [0.15, 0.2) is 97.0 Å². The number of fused-ring (bicyclic) bond motifs is 1. The maximum absolute atomic E-state index is 13.1. The SMILES string of the molecule is CC(C)c1nc2ccc(Br)cc2c(=O)n1N=Cc1ccc(Sc2ccccc2)cc1. The molecular formula is C24H20BrN3OS. The van der Waals surface area contributed by atoms with E-state index in [0.717, 1.165) is 14.9 Å². The first-order valence-electron chi connectivity index (χ1n) is 9.61. The van der Waals surface area contributed by atoms with E-state index in [1.54, 1.807) is 24.0 Å². The second-order valence-corrected chi connectivity index (χ2v) is 9.19. The number of nitrogens with zero attached hydrogens (tertiary/aromatic N) is 3. The van der Waals surface area contributed by atoms with Gasteiger partial charge in [0.1, 0.15) is 5.82 Å². The molecule has 0 aliphatic heterocycles. The molecule has 0 saturated heterocycles. The lowest BCUT2D eigenvalue weighted by Crippen LogP contribution is -2.23. The first kappa shape index (κ1) is 20.6. The Balaban J connectivity index is 1.65. The first-order chi connectivity index (χ1) is 14.5. The molecule has 4 rings (SSSR count). The fraction of sp³-hybridized carbons (Fsp3) is 0.125. The molecule has 0 aliphatic rings. The molecular weight excluding hydrogens is 458 g/mol. The maximum Gasteiger partial charge on any atom is 0.282 e. The molecule has 0 saturated carbocycles. The van der Waals surface area contributed by atoms with Crippen molar-refractivity contribution in [3.05, 3.63) is 99.0 Å². The van der Waals surface area contributed by atoms with Crippen molar-refractivity contribution in [2.24, 2.45) is 5.10 Å². The molecule has 0 radical (unpaired) electrons. The number of aromatic nitrogens is 2. The number of hydrogen-bond acceptors (Lipinski definition) is 4. The smallest absolute Gasteiger partial charge is 0.267 e. The van der Waals surface area contributed by atoms with Gasteiger partial charge in [-0.1, -0.05) is 71.9 Å². The molecule has 30 heavy (non-hydrogen) atoms. The quantitative estimate of drug-likeness (QED) is 0.316. The van der Waals surface area contributed by atoms with Gasteiger partial charge in [-0.05, 0) is 48.0 Å². The molecule has 0 amide bonds. The second kappa shape index (κ2) is 8.98. The van der Waals surface area contributed by atoms with Gasteiger partial charge in [-0.25, -0.2) is 4.98 Å². The van der Waals surface area contributed by atoms with Crippen LogP contribution in [0.25, 0.3) is 10.9 Å². The largest absolute Gasteiger partial charge is 0.282 e. The first-order valence-corrected chi connectivity index (χ1v) is 11.2. The highest BCUT2D eigenvalue weighted by Crippen LogP contribution is 2.27. The predicted octanol–water partition coefficient (Wildman–Crippen LogP) is 6.32. The molecule has 3 aromatic carbocycles. The lowest BCUT2D eigenvalue weighted by Gasteiger charge is -2.12. The molecule has 6 heteroatoms. The van der Waals surface area contributed by atoms with Crippen LogP contribution in [0.4, 0.5) is 0 Å². The highest BCUT2D eigenvalue weighted by Gasteiger charge is 2.13. The maximum atomic E-state index is 13.1. The summed E-state index contributed by atoms with van der Waals surface area (Å²) in [5, 5.41) is 5.03. The van der Waals surface area contributed by atoms with E-state index in [9.17, 15) is 4.79 Å². The van der Waals surface area contributed by atoms with Crippen LogP contribution in [0, 0.1) is 0 Å². The third kappa shape index (κ3) is 4.55. The Kier molecular flexibility index (Phi) is 6.16. The van der Waals surface area contributed by atoms with Crippen LogP contribution < -0.4 is 5.56 Å². The van der Waals surface area contributed by atoms with Gasteiger partial charge in [-0.2, -0.15) is 9.78 Å². The monoisotopic (exact) mass is 477 g/mol. The van der Waals surface area contributed by atoms with E-state index in [4.69, 9.17) is 0 Å². The van der Waals surface area contributed by atoms with Gasteiger partial charge in [-0.15, -0.1) is 0 Å².